The molecule has 0 aromatic carbocycles. The van der Waals surface area contributed by atoms with Crippen molar-refractivity contribution in [3.63, 3.8) is 0 Å². The Kier molecular flexibility index (Phi) is 3.60. The van der Waals surface area contributed by atoms with Crippen LogP contribution < -0.4 is 5.32 Å². The minimum Gasteiger partial charge on any atom is -0.394 e. The fraction of sp³-hybridized carbons (Fsp3) is 1.00. The normalized spacial score (nSPS) is 46.4. The highest BCUT2D eigenvalue weighted by Gasteiger charge is 2.42. The van der Waals surface area contributed by atoms with Crippen molar-refractivity contribution >= 4 is 0 Å². The van der Waals surface area contributed by atoms with E-state index in [4.69, 9.17) is 9.84 Å². The summed E-state index contributed by atoms with van der Waals surface area (Å²) >= 11 is 0. The van der Waals surface area contributed by atoms with E-state index in [1.165, 1.54) is 7.05 Å². The summed E-state index contributed by atoms with van der Waals surface area (Å²) in [5, 5.41) is 39.4. The number of likely N-dealkylation sites (N-methyl/N-ethyl adjacent to an activating group) is 1. The van der Waals surface area contributed by atoms with E-state index >= 15 is 0 Å². The van der Waals surface area contributed by atoms with Gasteiger partial charge in [0.05, 0.1) is 12.6 Å². The minimum atomic E-state index is -1.22. The van der Waals surface area contributed by atoms with Gasteiger partial charge < -0.3 is 30.5 Å². The number of ether oxygens (including phenoxy) is 1. The van der Waals surface area contributed by atoms with Crippen LogP contribution in [0.4, 0.5) is 0 Å². The third kappa shape index (κ3) is 1.98. The molecule has 1 rings (SSSR count). The van der Waals surface area contributed by atoms with Crippen molar-refractivity contribution in [2.75, 3.05) is 13.7 Å². The summed E-state index contributed by atoms with van der Waals surface area (Å²) in [6, 6.07) is -0.738. The van der Waals surface area contributed by atoms with E-state index in [2.05, 4.69) is 5.32 Å². The molecule has 0 saturated carbocycles. The summed E-state index contributed by atoms with van der Waals surface area (Å²) in [7, 11) is 1.53. The van der Waals surface area contributed by atoms with Crippen LogP contribution in [0.25, 0.3) is 0 Å². The van der Waals surface area contributed by atoms with Crippen LogP contribution in [0.1, 0.15) is 0 Å². The minimum absolute atomic E-state index is 0.439. The summed E-state index contributed by atoms with van der Waals surface area (Å²) in [6.07, 6.45) is -4.49. The first-order valence-corrected chi connectivity index (χ1v) is 4.09. The lowest BCUT2D eigenvalue weighted by Gasteiger charge is -2.39. The van der Waals surface area contributed by atoms with Gasteiger partial charge in [-0.2, -0.15) is 0 Å². The monoisotopic (exact) mass is 193 g/mol. The molecule has 0 aliphatic carbocycles. The number of hydrogen-bond acceptors (Lipinski definition) is 6. The van der Waals surface area contributed by atoms with Gasteiger partial charge in [0.15, 0.2) is 6.29 Å². The molecule has 1 saturated heterocycles. The van der Waals surface area contributed by atoms with Crippen molar-refractivity contribution in [3.05, 3.63) is 0 Å². The Labute approximate surface area is 75.8 Å². The van der Waals surface area contributed by atoms with Crippen LogP contribution in [0.15, 0.2) is 0 Å². The zero-order valence-electron chi connectivity index (χ0n) is 7.29. The zero-order valence-corrected chi connectivity index (χ0v) is 7.29. The first-order valence-electron chi connectivity index (χ1n) is 4.09. The number of aliphatic hydroxyl groups is 4. The molecular weight excluding hydrogens is 178 g/mol. The molecule has 6 nitrogen and oxygen atoms in total. The molecule has 0 amide bonds. The lowest BCUT2D eigenvalue weighted by molar-refractivity contribution is -0.253. The van der Waals surface area contributed by atoms with Gasteiger partial charge in [0.1, 0.15) is 18.3 Å². The van der Waals surface area contributed by atoms with Gasteiger partial charge in [-0.05, 0) is 7.05 Å². The Morgan fingerprint density at radius 2 is 1.85 bits per heavy atom. The highest BCUT2D eigenvalue weighted by Crippen LogP contribution is 2.18. The molecule has 1 aliphatic rings. The number of rotatable bonds is 2. The molecule has 0 spiro atoms. The van der Waals surface area contributed by atoms with Crippen molar-refractivity contribution in [2.45, 2.75) is 30.6 Å². The maximum atomic E-state index is 9.45. The lowest BCUT2D eigenvalue weighted by atomic mass is 9.97. The second kappa shape index (κ2) is 4.32. The molecule has 1 fully saturated rings. The SMILES string of the molecule is CN[C@@H]1C(O)O[C@H](CO)[C@@H](O)[C@@H]1O. The fourth-order valence-corrected chi connectivity index (χ4v) is 1.41. The molecule has 1 heterocycles. The van der Waals surface area contributed by atoms with Crippen LogP contribution in [0, 0.1) is 0 Å². The molecule has 5 atom stereocenters. The average Bonchev–Trinajstić information content (AvgIpc) is 2.12. The van der Waals surface area contributed by atoms with Crippen LogP contribution in [0.2, 0.25) is 0 Å². The quantitative estimate of drug-likeness (QED) is 0.320. The molecule has 6 heteroatoms. The lowest BCUT2D eigenvalue weighted by Crippen LogP contribution is -2.62. The smallest absolute Gasteiger partial charge is 0.173 e. The Morgan fingerprint density at radius 1 is 1.23 bits per heavy atom. The van der Waals surface area contributed by atoms with Crippen LogP contribution in [0.3, 0.4) is 0 Å². The van der Waals surface area contributed by atoms with E-state index in [-0.39, 0.29) is 0 Å². The van der Waals surface area contributed by atoms with Gasteiger partial charge in [-0.1, -0.05) is 0 Å². The third-order valence-corrected chi connectivity index (χ3v) is 2.23. The molecule has 1 aliphatic heterocycles. The van der Waals surface area contributed by atoms with Gasteiger partial charge >= 0.3 is 0 Å². The molecule has 0 aromatic heterocycles. The predicted octanol–water partition coefficient (Wildman–Crippen LogP) is -2.99. The van der Waals surface area contributed by atoms with Crippen molar-refractivity contribution < 1.29 is 25.2 Å². The number of aliphatic hydroxyl groups excluding tert-OH is 4. The molecule has 78 valence electrons. The Morgan fingerprint density at radius 3 is 2.31 bits per heavy atom. The van der Waals surface area contributed by atoms with Crippen molar-refractivity contribution in [3.8, 4) is 0 Å². The topological polar surface area (TPSA) is 102 Å². The number of nitrogens with one attached hydrogen (secondary N) is 1. The largest absolute Gasteiger partial charge is 0.394 e. The molecule has 0 aromatic rings. The maximum Gasteiger partial charge on any atom is 0.173 e. The highest BCUT2D eigenvalue weighted by molar-refractivity contribution is 4.91. The summed E-state index contributed by atoms with van der Waals surface area (Å²) in [4.78, 5) is 0. The molecule has 5 N–H and O–H groups in total. The summed E-state index contributed by atoms with van der Waals surface area (Å²) in [6.45, 7) is -0.439. The van der Waals surface area contributed by atoms with Crippen LogP contribution >= 0.6 is 0 Å². The molecule has 0 bridgehead atoms. The van der Waals surface area contributed by atoms with Gasteiger partial charge in [0, 0.05) is 0 Å². The Balaban J connectivity index is 2.66. The summed E-state index contributed by atoms with van der Waals surface area (Å²) in [5.74, 6) is 0. The summed E-state index contributed by atoms with van der Waals surface area (Å²) in [5.41, 5.74) is 0. The number of hydrogen-bond donors (Lipinski definition) is 5. The molecular formula is C7H15NO5. The predicted molar refractivity (Wildman–Crippen MR) is 42.8 cm³/mol. The van der Waals surface area contributed by atoms with E-state index in [1.807, 2.05) is 0 Å². The first-order chi connectivity index (χ1) is 6.11. The fourth-order valence-electron chi connectivity index (χ4n) is 1.41. The second-order valence-electron chi connectivity index (χ2n) is 3.04. The van der Waals surface area contributed by atoms with Crippen molar-refractivity contribution in [1.29, 1.82) is 0 Å². The molecule has 13 heavy (non-hydrogen) atoms. The van der Waals surface area contributed by atoms with E-state index in [1.54, 1.807) is 0 Å². The average molecular weight is 193 g/mol. The Bertz CT molecular complexity index is 167. The standard InChI is InChI=1S/C7H15NO5/c1-8-4-6(11)5(10)3(2-9)13-7(4)12/h3-12H,2H2,1H3/t3-,4+,5-,6-,7?/m1/s1. The first kappa shape index (κ1) is 10.8. The van der Waals surface area contributed by atoms with Crippen LogP contribution in [0.5, 0.6) is 0 Å². The van der Waals surface area contributed by atoms with Crippen molar-refractivity contribution in [1.82, 2.24) is 5.32 Å². The van der Waals surface area contributed by atoms with Gasteiger partial charge in [-0.3, -0.25) is 0 Å². The highest BCUT2D eigenvalue weighted by atomic mass is 16.6. The molecule has 0 radical (unpaired) electrons. The van der Waals surface area contributed by atoms with Crippen molar-refractivity contribution in [2.24, 2.45) is 0 Å². The molecule has 1 unspecified atom stereocenters. The van der Waals surface area contributed by atoms with Gasteiger partial charge in [-0.25, -0.2) is 0 Å². The van der Waals surface area contributed by atoms with Gasteiger partial charge in [-0.15, -0.1) is 0 Å². The van der Waals surface area contributed by atoms with E-state index in [9.17, 15) is 15.3 Å². The van der Waals surface area contributed by atoms with E-state index < -0.39 is 37.3 Å². The third-order valence-electron chi connectivity index (χ3n) is 2.23. The maximum absolute atomic E-state index is 9.45. The van der Waals surface area contributed by atoms with E-state index in [0.717, 1.165) is 0 Å². The van der Waals surface area contributed by atoms with Gasteiger partial charge in [0.2, 0.25) is 0 Å². The van der Waals surface area contributed by atoms with Crippen LogP contribution in [-0.2, 0) is 4.74 Å². The summed E-state index contributed by atoms with van der Waals surface area (Å²) < 4.78 is 4.85. The van der Waals surface area contributed by atoms with Crippen LogP contribution in [-0.4, -0.2) is 64.7 Å². The zero-order chi connectivity index (χ0) is 10.0. The second-order valence-corrected chi connectivity index (χ2v) is 3.04. The van der Waals surface area contributed by atoms with E-state index in [0.29, 0.717) is 0 Å². The Hall–Kier alpha value is -0.240. The van der Waals surface area contributed by atoms with Gasteiger partial charge in [0.25, 0.3) is 0 Å².